The molecule has 0 fully saturated rings. The van der Waals surface area contributed by atoms with Gasteiger partial charge in [0.1, 0.15) is 0 Å². The van der Waals surface area contributed by atoms with Gasteiger partial charge >= 0.3 is 5.69 Å². The number of aromatic amines is 1. The molecule has 0 unspecified atom stereocenters. The second-order valence-electron chi connectivity index (χ2n) is 7.26. The van der Waals surface area contributed by atoms with Gasteiger partial charge in [0.2, 0.25) is 5.95 Å². The first-order valence-electron chi connectivity index (χ1n) is 9.53. The predicted molar refractivity (Wildman–Crippen MR) is 120 cm³/mol. The minimum absolute atomic E-state index is 0.0880. The molecule has 0 spiro atoms. The zero-order valence-electron chi connectivity index (χ0n) is 16.8. The number of benzene rings is 1. The van der Waals surface area contributed by atoms with E-state index in [9.17, 15) is 9.59 Å². The molecule has 9 nitrogen and oxygen atoms in total. The van der Waals surface area contributed by atoms with Gasteiger partial charge in [0.25, 0.3) is 5.56 Å². The van der Waals surface area contributed by atoms with Crippen LogP contribution in [0.2, 0.25) is 5.02 Å². The van der Waals surface area contributed by atoms with Crippen LogP contribution in [0, 0.1) is 0 Å². The molecule has 0 bridgehead atoms. The van der Waals surface area contributed by atoms with Gasteiger partial charge in [0.15, 0.2) is 11.2 Å². The average molecular weight is 436 g/mol. The molecular weight excluding hydrogens is 418 g/mol. The summed E-state index contributed by atoms with van der Waals surface area (Å²) in [6.07, 6.45) is 3.31. The third-order valence-corrected chi connectivity index (χ3v) is 5.60. The molecule has 31 heavy (non-hydrogen) atoms. The maximum atomic E-state index is 13.3. The van der Waals surface area contributed by atoms with Crippen molar-refractivity contribution in [3.8, 4) is 0 Å². The highest BCUT2D eigenvalue weighted by molar-refractivity contribution is 6.35. The zero-order valence-corrected chi connectivity index (χ0v) is 17.5. The van der Waals surface area contributed by atoms with Crippen LogP contribution in [-0.4, -0.2) is 28.7 Å². The van der Waals surface area contributed by atoms with Gasteiger partial charge in [-0.1, -0.05) is 23.7 Å². The van der Waals surface area contributed by atoms with Crippen LogP contribution in [0.5, 0.6) is 0 Å². The van der Waals surface area contributed by atoms with E-state index in [1.54, 1.807) is 49.3 Å². The van der Waals surface area contributed by atoms with Gasteiger partial charge < -0.3 is 14.9 Å². The van der Waals surface area contributed by atoms with E-state index in [1.807, 2.05) is 18.2 Å². The second kappa shape index (κ2) is 7.13. The fourth-order valence-corrected chi connectivity index (χ4v) is 3.92. The van der Waals surface area contributed by atoms with Crippen LogP contribution < -0.4 is 16.6 Å². The summed E-state index contributed by atoms with van der Waals surface area (Å²) in [4.78, 5) is 37.9. The third kappa shape index (κ3) is 3.10. The Kier molecular flexibility index (Phi) is 4.40. The molecule has 0 saturated carbocycles. The molecule has 2 N–H and O–H groups in total. The number of para-hydroxylation sites is 1. The smallest absolute Gasteiger partial charge is 0.332 e. The zero-order chi connectivity index (χ0) is 21.7. The largest absolute Gasteiger partial charge is 0.356 e. The molecule has 0 aliphatic heterocycles. The molecule has 0 aliphatic rings. The molecule has 156 valence electrons. The Morgan fingerprint density at radius 3 is 2.61 bits per heavy atom. The van der Waals surface area contributed by atoms with Gasteiger partial charge in [-0.25, -0.2) is 4.79 Å². The number of imidazole rings is 1. The van der Waals surface area contributed by atoms with Crippen LogP contribution in [0.1, 0.15) is 5.69 Å². The number of aryl methyl sites for hydroxylation is 2. The normalized spacial score (nSPS) is 11.5. The number of H-pyrrole nitrogens is 1. The summed E-state index contributed by atoms with van der Waals surface area (Å²) in [5, 5.41) is 4.65. The lowest BCUT2D eigenvalue weighted by atomic mass is 10.2. The van der Waals surface area contributed by atoms with E-state index in [2.05, 4.69) is 20.3 Å². The highest BCUT2D eigenvalue weighted by Gasteiger charge is 2.19. The summed E-state index contributed by atoms with van der Waals surface area (Å²) < 4.78 is 4.22. The van der Waals surface area contributed by atoms with Crippen molar-refractivity contribution >= 4 is 45.3 Å². The number of hydrogen-bond acceptors (Lipinski definition) is 5. The monoisotopic (exact) mass is 435 g/mol. The van der Waals surface area contributed by atoms with Crippen molar-refractivity contribution in [1.82, 2.24) is 28.7 Å². The minimum atomic E-state index is -0.448. The number of aromatic nitrogens is 6. The van der Waals surface area contributed by atoms with Crippen molar-refractivity contribution in [3.05, 3.63) is 80.3 Å². The summed E-state index contributed by atoms with van der Waals surface area (Å²) in [6, 6.07) is 11.0. The van der Waals surface area contributed by atoms with Crippen molar-refractivity contribution < 1.29 is 0 Å². The van der Waals surface area contributed by atoms with E-state index in [0.29, 0.717) is 27.8 Å². The van der Waals surface area contributed by atoms with Crippen molar-refractivity contribution in [2.24, 2.45) is 14.1 Å². The molecule has 5 rings (SSSR count). The second-order valence-corrected chi connectivity index (χ2v) is 7.67. The van der Waals surface area contributed by atoms with Crippen LogP contribution in [0.25, 0.3) is 22.1 Å². The Hall–Kier alpha value is -3.85. The Morgan fingerprint density at radius 1 is 1.10 bits per heavy atom. The van der Waals surface area contributed by atoms with Crippen LogP contribution in [0.15, 0.2) is 58.4 Å². The molecule has 0 saturated heterocycles. The molecule has 0 atom stereocenters. The fraction of sp³-hybridized carbons (Fsp3) is 0.143. The first-order chi connectivity index (χ1) is 14.9. The molecule has 4 aromatic heterocycles. The number of pyridine rings is 1. The average Bonchev–Trinajstić information content (AvgIpc) is 3.32. The van der Waals surface area contributed by atoms with Crippen molar-refractivity contribution in [3.63, 3.8) is 0 Å². The molecule has 10 heteroatoms. The molecule has 0 amide bonds. The SMILES string of the molecule is Cn1c(Nc2ccncc2)nc2c1c(=O)n(Cc1cc3cccc(Cl)c3[nH]1)c(=O)n2C. The Labute approximate surface area is 180 Å². The predicted octanol–water partition coefficient (Wildman–Crippen LogP) is 2.76. The maximum Gasteiger partial charge on any atom is 0.332 e. The highest BCUT2D eigenvalue weighted by atomic mass is 35.5. The van der Waals surface area contributed by atoms with Crippen molar-refractivity contribution in [2.75, 3.05) is 5.32 Å². The fourth-order valence-electron chi connectivity index (χ4n) is 3.69. The Balaban J connectivity index is 1.63. The lowest BCUT2D eigenvalue weighted by Crippen LogP contribution is -2.39. The number of rotatable bonds is 4. The van der Waals surface area contributed by atoms with E-state index in [0.717, 1.165) is 16.6 Å². The quantitative estimate of drug-likeness (QED) is 0.452. The number of halogens is 1. The summed E-state index contributed by atoms with van der Waals surface area (Å²) in [5.74, 6) is 0.448. The summed E-state index contributed by atoms with van der Waals surface area (Å²) in [6.45, 7) is 0.0880. The van der Waals surface area contributed by atoms with Crippen LogP contribution in [0.3, 0.4) is 0 Å². The molecule has 4 heterocycles. The summed E-state index contributed by atoms with van der Waals surface area (Å²) in [7, 11) is 3.34. The van der Waals surface area contributed by atoms with Crippen molar-refractivity contribution in [1.29, 1.82) is 0 Å². The summed E-state index contributed by atoms with van der Waals surface area (Å²) >= 11 is 6.24. The van der Waals surface area contributed by atoms with Gasteiger partial charge in [-0.2, -0.15) is 4.98 Å². The van der Waals surface area contributed by atoms with Crippen LogP contribution in [-0.2, 0) is 20.6 Å². The standard InChI is InChI=1S/C21H18ClN7O2/c1-27-17-18(26-20(27)25-13-6-8-23-9-7-13)28(2)21(31)29(19(17)30)11-14-10-12-4-3-5-15(22)16(12)24-14/h3-10,24H,11H2,1-2H3,(H,23,25,26). The Bertz CT molecular complexity index is 1560. The van der Waals surface area contributed by atoms with E-state index < -0.39 is 11.2 Å². The third-order valence-electron chi connectivity index (χ3n) is 5.29. The lowest BCUT2D eigenvalue weighted by molar-refractivity contribution is 0.648. The van der Waals surface area contributed by atoms with Gasteiger partial charge in [-0.3, -0.25) is 18.9 Å². The van der Waals surface area contributed by atoms with E-state index in [4.69, 9.17) is 11.6 Å². The van der Waals surface area contributed by atoms with Crippen LogP contribution in [0.4, 0.5) is 11.6 Å². The summed E-state index contributed by atoms with van der Waals surface area (Å²) in [5.41, 5.74) is 2.02. The van der Waals surface area contributed by atoms with E-state index >= 15 is 0 Å². The Morgan fingerprint density at radius 2 is 1.87 bits per heavy atom. The van der Waals surface area contributed by atoms with E-state index in [-0.39, 0.29) is 6.54 Å². The van der Waals surface area contributed by atoms with Gasteiger partial charge in [0.05, 0.1) is 17.1 Å². The first-order valence-corrected chi connectivity index (χ1v) is 9.91. The molecule has 0 aliphatic carbocycles. The lowest BCUT2D eigenvalue weighted by Gasteiger charge is -2.08. The van der Waals surface area contributed by atoms with Gasteiger partial charge in [-0.15, -0.1) is 0 Å². The molecule has 1 aromatic carbocycles. The maximum absolute atomic E-state index is 13.3. The van der Waals surface area contributed by atoms with Gasteiger partial charge in [-0.05, 0) is 24.3 Å². The van der Waals surface area contributed by atoms with Crippen molar-refractivity contribution in [2.45, 2.75) is 6.54 Å². The molecular formula is C21H18ClN7O2. The van der Waals surface area contributed by atoms with E-state index in [1.165, 1.54) is 9.13 Å². The number of anilines is 2. The first kappa shape index (κ1) is 19.1. The molecule has 0 radical (unpaired) electrons. The topological polar surface area (TPSA) is 103 Å². The number of fused-ring (bicyclic) bond motifs is 2. The number of hydrogen-bond donors (Lipinski definition) is 2. The van der Waals surface area contributed by atoms with Crippen LogP contribution >= 0.6 is 11.6 Å². The molecule has 5 aromatic rings. The minimum Gasteiger partial charge on any atom is -0.356 e. The van der Waals surface area contributed by atoms with Gasteiger partial charge in [0, 0.05) is 43.3 Å². The number of nitrogens with one attached hydrogen (secondary N) is 2. The number of nitrogens with zero attached hydrogens (tertiary/aromatic N) is 5. The highest BCUT2D eigenvalue weighted by Crippen LogP contribution is 2.24.